The van der Waals surface area contributed by atoms with Crippen molar-refractivity contribution in [3.8, 4) is 0 Å². The molecule has 1 fully saturated rings. The van der Waals surface area contributed by atoms with E-state index in [2.05, 4.69) is 23.9 Å². The Balaban J connectivity index is 2.10. The molecule has 1 N–H and O–H groups in total. The lowest BCUT2D eigenvalue weighted by Gasteiger charge is -2.30. The summed E-state index contributed by atoms with van der Waals surface area (Å²) in [5, 5.41) is 8.77. The highest BCUT2D eigenvalue weighted by molar-refractivity contribution is 4.71. The van der Waals surface area contributed by atoms with Crippen molar-refractivity contribution < 1.29 is 5.11 Å². The van der Waals surface area contributed by atoms with Gasteiger partial charge in [-0.15, -0.1) is 0 Å². The van der Waals surface area contributed by atoms with Gasteiger partial charge in [0, 0.05) is 13.1 Å². The maximum atomic E-state index is 8.77. The number of piperidine rings is 1. The van der Waals surface area contributed by atoms with E-state index in [9.17, 15) is 0 Å². The van der Waals surface area contributed by atoms with Gasteiger partial charge in [-0.3, -0.25) is 0 Å². The van der Waals surface area contributed by atoms with Gasteiger partial charge in [0.15, 0.2) is 0 Å². The van der Waals surface area contributed by atoms with Gasteiger partial charge in [0.05, 0.1) is 6.61 Å². The van der Waals surface area contributed by atoms with Crippen LogP contribution in [0.2, 0.25) is 0 Å². The lowest BCUT2D eigenvalue weighted by Crippen LogP contribution is -2.34. The molecule has 0 aromatic rings. The molecule has 14 heavy (non-hydrogen) atoms. The number of hydrogen-bond acceptors (Lipinski definition) is 3. The summed E-state index contributed by atoms with van der Waals surface area (Å²) in [5.41, 5.74) is 0. The number of aliphatic hydroxyl groups excluding tert-OH is 1. The van der Waals surface area contributed by atoms with Gasteiger partial charge in [0.2, 0.25) is 0 Å². The van der Waals surface area contributed by atoms with E-state index in [0.29, 0.717) is 0 Å². The maximum absolute atomic E-state index is 8.77. The lowest BCUT2D eigenvalue weighted by atomic mass is 9.95. The number of nitrogens with zero attached hydrogens (tertiary/aromatic N) is 2. The van der Waals surface area contributed by atoms with Crippen LogP contribution in [0.1, 0.15) is 19.3 Å². The minimum absolute atomic E-state index is 0.279. The maximum Gasteiger partial charge on any atom is 0.0558 e. The zero-order valence-corrected chi connectivity index (χ0v) is 9.58. The van der Waals surface area contributed by atoms with Crippen LogP contribution in [0.4, 0.5) is 0 Å². The summed E-state index contributed by atoms with van der Waals surface area (Å²) in [6.45, 7) is 4.73. The molecule has 3 nitrogen and oxygen atoms in total. The largest absolute Gasteiger partial charge is 0.395 e. The SMILES string of the molecule is CN(CCO)CCC1CCCN(C)C1. The van der Waals surface area contributed by atoms with Crippen LogP contribution in [0.25, 0.3) is 0 Å². The predicted octanol–water partition coefficient (Wildman–Crippen LogP) is 0.642. The summed E-state index contributed by atoms with van der Waals surface area (Å²) < 4.78 is 0. The van der Waals surface area contributed by atoms with Gasteiger partial charge in [-0.25, -0.2) is 0 Å². The van der Waals surface area contributed by atoms with Crippen molar-refractivity contribution in [3.63, 3.8) is 0 Å². The molecule has 84 valence electrons. The van der Waals surface area contributed by atoms with Gasteiger partial charge in [-0.05, 0) is 52.4 Å². The van der Waals surface area contributed by atoms with Gasteiger partial charge in [0.1, 0.15) is 0 Å². The molecule has 1 atom stereocenters. The Bertz CT molecular complexity index is 152. The average molecular weight is 200 g/mol. The zero-order valence-electron chi connectivity index (χ0n) is 9.58. The van der Waals surface area contributed by atoms with Crippen LogP contribution < -0.4 is 0 Å². The van der Waals surface area contributed by atoms with E-state index in [-0.39, 0.29) is 6.61 Å². The second-order valence-electron chi connectivity index (χ2n) is 4.59. The zero-order chi connectivity index (χ0) is 10.4. The van der Waals surface area contributed by atoms with E-state index in [1.165, 1.54) is 32.4 Å². The van der Waals surface area contributed by atoms with Crippen LogP contribution in [0.15, 0.2) is 0 Å². The summed E-state index contributed by atoms with van der Waals surface area (Å²) in [7, 11) is 4.30. The van der Waals surface area contributed by atoms with Crippen molar-refractivity contribution in [2.24, 2.45) is 5.92 Å². The first-order valence-corrected chi connectivity index (χ1v) is 5.70. The van der Waals surface area contributed by atoms with Crippen LogP contribution in [-0.4, -0.2) is 61.8 Å². The summed E-state index contributed by atoms with van der Waals surface area (Å²) in [6.07, 6.45) is 4.02. The summed E-state index contributed by atoms with van der Waals surface area (Å²) in [4.78, 5) is 4.65. The molecule has 1 saturated heterocycles. The minimum atomic E-state index is 0.279. The normalized spacial score (nSPS) is 24.4. The van der Waals surface area contributed by atoms with Crippen LogP contribution in [-0.2, 0) is 0 Å². The van der Waals surface area contributed by atoms with E-state index >= 15 is 0 Å². The molecule has 0 spiro atoms. The van der Waals surface area contributed by atoms with Gasteiger partial charge in [0.25, 0.3) is 0 Å². The molecule has 1 aliphatic rings. The quantitative estimate of drug-likeness (QED) is 0.705. The van der Waals surface area contributed by atoms with E-state index < -0.39 is 0 Å². The Morgan fingerprint density at radius 2 is 2.21 bits per heavy atom. The van der Waals surface area contributed by atoms with E-state index in [1.54, 1.807) is 0 Å². The molecular formula is C11H24N2O. The Labute approximate surface area is 87.7 Å². The summed E-state index contributed by atoms with van der Waals surface area (Å²) in [5.74, 6) is 0.870. The van der Waals surface area contributed by atoms with Gasteiger partial charge >= 0.3 is 0 Å². The molecule has 0 aromatic carbocycles. The topological polar surface area (TPSA) is 26.7 Å². The molecule has 0 aliphatic carbocycles. The van der Waals surface area contributed by atoms with Crippen molar-refractivity contribution in [2.45, 2.75) is 19.3 Å². The molecule has 1 heterocycles. The predicted molar refractivity (Wildman–Crippen MR) is 59.4 cm³/mol. The number of likely N-dealkylation sites (tertiary alicyclic amines) is 1. The third-order valence-corrected chi connectivity index (χ3v) is 3.12. The molecule has 3 heteroatoms. The Morgan fingerprint density at radius 1 is 1.43 bits per heavy atom. The van der Waals surface area contributed by atoms with Gasteiger partial charge < -0.3 is 14.9 Å². The molecule has 0 saturated carbocycles. The molecular weight excluding hydrogens is 176 g/mol. The summed E-state index contributed by atoms with van der Waals surface area (Å²) in [6, 6.07) is 0. The Kier molecular flexibility index (Phi) is 5.45. The third kappa shape index (κ3) is 4.40. The average Bonchev–Trinajstić information content (AvgIpc) is 2.15. The smallest absolute Gasteiger partial charge is 0.0558 e. The number of hydrogen-bond donors (Lipinski definition) is 1. The van der Waals surface area contributed by atoms with Gasteiger partial charge in [-0.2, -0.15) is 0 Å². The second-order valence-corrected chi connectivity index (χ2v) is 4.59. The first kappa shape index (κ1) is 12.0. The highest BCUT2D eigenvalue weighted by Crippen LogP contribution is 2.18. The lowest BCUT2D eigenvalue weighted by molar-refractivity contribution is 0.173. The fourth-order valence-corrected chi connectivity index (χ4v) is 2.19. The molecule has 1 aliphatic heterocycles. The van der Waals surface area contributed by atoms with Crippen molar-refractivity contribution in [1.29, 1.82) is 0 Å². The molecule has 1 unspecified atom stereocenters. The minimum Gasteiger partial charge on any atom is -0.395 e. The van der Waals surface area contributed by atoms with Crippen LogP contribution in [0.5, 0.6) is 0 Å². The van der Waals surface area contributed by atoms with Crippen molar-refractivity contribution in [2.75, 3.05) is 46.9 Å². The van der Waals surface area contributed by atoms with Crippen molar-refractivity contribution in [1.82, 2.24) is 9.80 Å². The Hall–Kier alpha value is -0.120. The van der Waals surface area contributed by atoms with E-state index in [1.807, 2.05) is 0 Å². The van der Waals surface area contributed by atoms with Crippen LogP contribution in [0.3, 0.4) is 0 Å². The second kappa shape index (κ2) is 6.38. The third-order valence-electron chi connectivity index (χ3n) is 3.12. The van der Waals surface area contributed by atoms with E-state index in [0.717, 1.165) is 19.0 Å². The van der Waals surface area contributed by atoms with Crippen molar-refractivity contribution in [3.05, 3.63) is 0 Å². The first-order chi connectivity index (χ1) is 6.72. The fraction of sp³-hybridized carbons (Fsp3) is 1.00. The first-order valence-electron chi connectivity index (χ1n) is 5.70. The van der Waals surface area contributed by atoms with E-state index in [4.69, 9.17) is 5.11 Å². The standard InChI is InChI=1S/C11H24N2O/c1-12(8-9-14)7-5-11-4-3-6-13(2)10-11/h11,14H,3-10H2,1-2H3. The number of aliphatic hydroxyl groups is 1. The number of likely N-dealkylation sites (N-methyl/N-ethyl adjacent to an activating group) is 1. The van der Waals surface area contributed by atoms with Crippen molar-refractivity contribution >= 4 is 0 Å². The Morgan fingerprint density at radius 3 is 2.86 bits per heavy atom. The van der Waals surface area contributed by atoms with Crippen LogP contribution in [0, 0.1) is 5.92 Å². The van der Waals surface area contributed by atoms with Crippen LogP contribution >= 0.6 is 0 Å². The highest BCUT2D eigenvalue weighted by Gasteiger charge is 2.16. The molecule has 0 bridgehead atoms. The number of rotatable bonds is 5. The fourth-order valence-electron chi connectivity index (χ4n) is 2.19. The molecule has 1 rings (SSSR count). The molecule has 0 amide bonds. The molecule has 0 radical (unpaired) electrons. The monoisotopic (exact) mass is 200 g/mol. The highest BCUT2D eigenvalue weighted by atomic mass is 16.3. The molecule has 0 aromatic heterocycles. The summed E-state index contributed by atoms with van der Waals surface area (Å²) >= 11 is 0. The van der Waals surface area contributed by atoms with Gasteiger partial charge in [-0.1, -0.05) is 0 Å².